The van der Waals surface area contributed by atoms with Gasteiger partial charge >= 0.3 is 12.7 Å². The Morgan fingerprint density at radius 3 is 2.35 bits per heavy atom. The maximum absolute atomic E-state index is 13.1. The Balaban J connectivity index is 1.54. The molecule has 1 amide bonds. The van der Waals surface area contributed by atoms with Crippen molar-refractivity contribution in [2.45, 2.75) is 38.5 Å². The van der Waals surface area contributed by atoms with Crippen LogP contribution in [-0.2, 0) is 38.8 Å². The van der Waals surface area contributed by atoms with E-state index in [0.29, 0.717) is 26.1 Å². The normalized spacial score (nSPS) is 14.4. The lowest BCUT2D eigenvalue weighted by molar-refractivity contribution is -0.605. The van der Waals surface area contributed by atoms with Gasteiger partial charge in [-0.3, -0.25) is 8.51 Å². The van der Waals surface area contributed by atoms with Crippen molar-refractivity contribution in [3.63, 3.8) is 0 Å². The van der Waals surface area contributed by atoms with Crippen LogP contribution in [0.15, 0.2) is 54.9 Å². The minimum atomic E-state index is -3.65. The van der Waals surface area contributed by atoms with Crippen molar-refractivity contribution in [2.24, 2.45) is 5.92 Å². The molecular weight excluding hydrogens is 695 g/mol. The molecule has 3 aromatic rings. The number of pyridine rings is 1. The van der Waals surface area contributed by atoms with Gasteiger partial charge in [-0.1, -0.05) is 41.4 Å². The Kier molecular flexibility index (Phi) is 11.9. The number of nitrogens with one attached hydrogen (secondary N) is 1. The Morgan fingerprint density at radius 1 is 1.13 bits per heavy atom. The van der Waals surface area contributed by atoms with Crippen molar-refractivity contribution < 1.29 is 49.7 Å². The van der Waals surface area contributed by atoms with Gasteiger partial charge in [0.05, 0.1) is 6.61 Å². The largest absolute Gasteiger partial charge is 0.755 e. The van der Waals surface area contributed by atoms with Crippen molar-refractivity contribution in [1.82, 2.24) is 5.32 Å². The van der Waals surface area contributed by atoms with E-state index in [1.165, 1.54) is 42.5 Å². The predicted octanol–water partition coefficient (Wildman–Crippen LogP) is 4.83. The monoisotopic (exact) mass is 722 g/mol. The SMILES string of the molecule is CS(=O)(=O)CN(c1ccc(CNC(=O)OC(Cc2c(Cl)c[n+]([O-])cc2Cl)c2ccc(OC(F)F)c(OCC3CC3)c2)cc1)S(=O)[O-]. The fourth-order valence-electron chi connectivity index (χ4n) is 4.20. The smallest absolute Gasteiger partial charge is 0.408 e. The number of ether oxygens (including phenoxy) is 3. The highest BCUT2D eigenvalue weighted by atomic mass is 35.5. The highest BCUT2D eigenvalue weighted by Gasteiger charge is 2.26. The van der Waals surface area contributed by atoms with E-state index in [9.17, 15) is 36.0 Å². The fourth-order valence-corrected chi connectivity index (χ4v) is 6.59. The first-order chi connectivity index (χ1) is 21.7. The topological polar surface area (TPSA) is 161 Å². The molecule has 0 saturated heterocycles. The van der Waals surface area contributed by atoms with Crippen LogP contribution >= 0.6 is 23.2 Å². The summed E-state index contributed by atoms with van der Waals surface area (Å²) in [7, 11) is -3.65. The van der Waals surface area contributed by atoms with Gasteiger partial charge in [0.1, 0.15) is 22.0 Å². The molecule has 250 valence electrons. The molecule has 0 bridgehead atoms. The number of benzene rings is 2. The molecule has 1 aliphatic rings. The quantitative estimate of drug-likeness (QED) is 0.132. The first-order valence-electron chi connectivity index (χ1n) is 13.5. The summed E-state index contributed by atoms with van der Waals surface area (Å²) in [5.74, 6) is -0.641. The van der Waals surface area contributed by atoms with E-state index in [0.717, 1.165) is 31.5 Å². The standard InChI is InChI=1S/C28H29Cl2F2N3O9S2/c1-46(40,41)16-35(45(38)39)20-7-4-17(5-8-20)12-33-28(36)44-25(11-21-22(29)13-34(37)14-23(21)30)19-6-9-24(43-27(31)32)26(10-19)42-15-18-2-3-18/h4-10,13-14,18,25,27H,2-3,11-12,15-16H2,1H3,(H,33,36)(H,38,39)/p-1. The van der Waals surface area contributed by atoms with Gasteiger partial charge in [0.25, 0.3) is 0 Å². The number of amides is 1. The third-order valence-corrected chi connectivity index (χ3v) is 8.86. The molecule has 2 atom stereocenters. The molecule has 1 saturated carbocycles. The van der Waals surface area contributed by atoms with E-state index >= 15 is 0 Å². The molecule has 0 aliphatic heterocycles. The minimum Gasteiger partial charge on any atom is -0.755 e. The van der Waals surface area contributed by atoms with Crippen molar-refractivity contribution in [3.8, 4) is 11.5 Å². The molecule has 2 unspecified atom stereocenters. The van der Waals surface area contributed by atoms with E-state index in [1.54, 1.807) is 0 Å². The molecule has 46 heavy (non-hydrogen) atoms. The van der Waals surface area contributed by atoms with Gasteiger partial charge < -0.3 is 29.3 Å². The van der Waals surface area contributed by atoms with E-state index in [2.05, 4.69) is 10.1 Å². The fraction of sp³-hybridized carbons (Fsp3) is 0.357. The third kappa shape index (κ3) is 10.6. The van der Waals surface area contributed by atoms with Gasteiger partial charge in [-0.25, -0.2) is 13.2 Å². The summed E-state index contributed by atoms with van der Waals surface area (Å²) in [4.78, 5) is 13.0. The van der Waals surface area contributed by atoms with Crippen LogP contribution in [0.5, 0.6) is 11.5 Å². The van der Waals surface area contributed by atoms with E-state index in [4.69, 9.17) is 32.7 Å². The maximum atomic E-state index is 13.1. The lowest BCUT2D eigenvalue weighted by Crippen LogP contribution is -2.31. The zero-order valence-electron chi connectivity index (χ0n) is 24.1. The van der Waals surface area contributed by atoms with Crippen LogP contribution < -0.4 is 23.8 Å². The molecule has 18 heteroatoms. The lowest BCUT2D eigenvalue weighted by atomic mass is 10.0. The van der Waals surface area contributed by atoms with Crippen LogP contribution in [0.3, 0.4) is 0 Å². The number of aromatic nitrogens is 1. The minimum absolute atomic E-state index is 0.00313. The molecule has 1 aliphatic carbocycles. The van der Waals surface area contributed by atoms with Crippen LogP contribution in [0.2, 0.25) is 10.0 Å². The molecule has 1 fully saturated rings. The Labute approximate surface area is 276 Å². The molecule has 1 N–H and O–H groups in total. The van der Waals surface area contributed by atoms with Crippen LogP contribution in [0.25, 0.3) is 0 Å². The molecular formula is C28H28Cl2F2N3O9S2-. The van der Waals surface area contributed by atoms with Gasteiger partial charge in [-0.05, 0) is 54.2 Å². The first-order valence-corrected chi connectivity index (χ1v) is 17.4. The summed E-state index contributed by atoms with van der Waals surface area (Å²) in [6.07, 6.45) is 2.84. The van der Waals surface area contributed by atoms with Crippen LogP contribution in [0.4, 0.5) is 19.3 Å². The second kappa shape index (κ2) is 15.4. The zero-order chi connectivity index (χ0) is 33.6. The highest BCUT2D eigenvalue weighted by molar-refractivity contribution is 7.92. The van der Waals surface area contributed by atoms with Gasteiger partial charge in [-0.2, -0.15) is 13.5 Å². The summed E-state index contributed by atoms with van der Waals surface area (Å²) in [6, 6.07) is 9.82. The highest BCUT2D eigenvalue weighted by Crippen LogP contribution is 2.37. The number of carbonyl (C=O) groups is 1. The van der Waals surface area contributed by atoms with Crippen molar-refractivity contribution >= 4 is 56.1 Å². The average molecular weight is 724 g/mol. The number of carbonyl (C=O) groups excluding carboxylic acids is 1. The van der Waals surface area contributed by atoms with Crippen molar-refractivity contribution in [3.05, 3.63) is 86.8 Å². The van der Waals surface area contributed by atoms with Crippen LogP contribution in [0, 0.1) is 11.1 Å². The number of halogens is 4. The number of anilines is 1. The van der Waals surface area contributed by atoms with Gasteiger partial charge in [0.15, 0.2) is 33.7 Å². The summed E-state index contributed by atoms with van der Waals surface area (Å²) >= 11 is 9.70. The maximum Gasteiger partial charge on any atom is 0.408 e. The molecule has 1 heterocycles. The third-order valence-electron chi connectivity index (χ3n) is 6.62. The number of hydrogen-bond donors (Lipinski definition) is 1. The van der Waals surface area contributed by atoms with E-state index < -0.39 is 45.8 Å². The summed E-state index contributed by atoms with van der Waals surface area (Å²) in [5.41, 5.74) is 1.23. The second-order valence-corrected chi connectivity index (χ2v) is 14.2. The number of hydrogen-bond acceptors (Lipinski definition) is 9. The zero-order valence-corrected chi connectivity index (χ0v) is 27.2. The number of rotatable bonds is 15. The van der Waals surface area contributed by atoms with Crippen LogP contribution in [-0.4, -0.2) is 48.6 Å². The molecule has 2 aromatic carbocycles. The molecule has 0 spiro atoms. The Hall–Kier alpha value is -3.44. The van der Waals surface area contributed by atoms with E-state index in [-0.39, 0.29) is 52.4 Å². The lowest BCUT2D eigenvalue weighted by Gasteiger charge is -2.25. The summed E-state index contributed by atoms with van der Waals surface area (Å²) in [6.45, 7) is -2.89. The predicted molar refractivity (Wildman–Crippen MR) is 164 cm³/mol. The second-order valence-electron chi connectivity index (χ2n) is 10.4. The molecule has 1 aromatic heterocycles. The average Bonchev–Trinajstić information content (AvgIpc) is 3.80. The van der Waals surface area contributed by atoms with Crippen molar-refractivity contribution in [2.75, 3.05) is 23.0 Å². The van der Waals surface area contributed by atoms with Gasteiger partial charge in [0.2, 0.25) is 0 Å². The van der Waals surface area contributed by atoms with E-state index in [1.807, 2.05) is 0 Å². The molecule has 4 rings (SSSR count). The molecule has 0 radical (unpaired) electrons. The number of sulfone groups is 1. The Morgan fingerprint density at radius 2 is 1.78 bits per heavy atom. The number of nitrogens with zero attached hydrogens (tertiary/aromatic N) is 2. The summed E-state index contributed by atoms with van der Waals surface area (Å²) in [5, 5.41) is 14.3. The number of alkyl halides is 2. The Bertz CT molecular complexity index is 1660. The van der Waals surface area contributed by atoms with Gasteiger partial charge in [0, 0.05) is 41.7 Å². The number of alkyl carbamates (subject to hydrolysis) is 1. The summed E-state index contributed by atoms with van der Waals surface area (Å²) < 4.78 is 89.6. The molecule has 12 nitrogen and oxygen atoms in total. The van der Waals surface area contributed by atoms with Gasteiger partial charge in [-0.15, -0.1) is 0 Å². The first kappa shape index (κ1) is 35.4. The van der Waals surface area contributed by atoms with Crippen molar-refractivity contribution in [1.29, 1.82) is 0 Å². The van der Waals surface area contributed by atoms with Crippen LogP contribution in [0.1, 0.15) is 35.6 Å².